The van der Waals surface area contributed by atoms with Crippen molar-refractivity contribution in [3.63, 3.8) is 0 Å². The van der Waals surface area contributed by atoms with Gasteiger partial charge in [0.15, 0.2) is 0 Å². The highest BCUT2D eigenvalue weighted by atomic mass is 32.2. The van der Waals surface area contributed by atoms with E-state index in [1.165, 1.54) is 11.1 Å². The number of amides is 1. The van der Waals surface area contributed by atoms with Gasteiger partial charge < -0.3 is 9.84 Å². The van der Waals surface area contributed by atoms with Crippen LogP contribution >= 0.6 is 0 Å². The molecule has 1 aliphatic heterocycles. The molecule has 2 rings (SSSR count). The van der Waals surface area contributed by atoms with Crippen LogP contribution in [-0.4, -0.2) is 58.5 Å². The molecule has 1 aromatic rings. The summed E-state index contributed by atoms with van der Waals surface area (Å²) in [5, 5.41) is 20.5. The first-order chi connectivity index (χ1) is 12.9. The number of carbonyl (C=O) groups excluding carboxylic acids is 1. The van der Waals surface area contributed by atoms with Crippen LogP contribution in [0.15, 0.2) is 41.1 Å². The Bertz CT molecular complexity index is 888. The van der Waals surface area contributed by atoms with Gasteiger partial charge in [-0.05, 0) is 39.8 Å². The van der Waals surface area contributed by atoms with Gasteiger partial charge in [0.05, 0.1) is 29.0 Å². The zero-order valence-electron chi connectivity index (χ0n) is 16.0. The molecule has 0 bridgehead atoms. The van der Waals surface area contributed by atoms with Crippen molar-refractivity contribution in [3.8, 4) is 0 Å². The van der Waals surface area contributed by atoms with Crippen LogP contribution in [0.2, 0.25) is 0 Å². The van der Waals surface area contributed by atoms with E-state index in [-0.39, 0.29) is 17.1 Å². The number of aliphatic hydroxyl groups excluding tert-OH is 1. The summed E-state index contributed by atoms with van der Waals surface area (Å²) in [6.07, 6.45) is 0.595. The van der Waals surface area contributed by atoms with Crippen molar-refractivity contribution in [2.75, 3.05) is 13.2 Å². The molecule has 0 saturated carbocycles. The number of rotatable bonds is 4. The molecule has 1 aliphatic rings. The van der Waals surface area contributed by atoms with E-state index in [9.17, 15) is 28.4 Å². The number of ether oxygens (including phenoxy) is 1. The highest BCUT2D eigenvalue weighted by molar-refractivity contribution is 7.89. The van der Waals surface area contributed by atoms with E-state index in [1.807, 2.05) is 0 Å². The highest BCUT2D eigenvalue weighted by Crippen LogP contribution is 2.27. The van der Waals surface area contributed by atoms with Gasteiger partial charge in [0.1, 0.15) is 5.60 Å². The molecule has 1 atom stereocenters. The minimum Gasteiger partial charge on any atom is -0.443 e. The lowest BCUT2D eigenvalue weighted by atomic mass is 10.2. The number of carbonyl (C=O) groups is 1. The normalized spacial score (nSPS) is 17.9. The lowest BCUT2D eigenvalue weighted by Gasteiger charge is -2.39. The van der Waals surface area contributed by atoms with Crippen molar-refractivity contribution >= 4 is 21.8 Å². The van der Waals surface area contributed by atoms with Gasteiger partial charge >= 0.3 is 6.09 Å². The molecule has 11 heteroatoms. The Balaban J connectivity index is 2.36. The van der Waals surface area contributed by atoms with E-state index < -0.39 is 39.3 Å². The summed E-state index contributed by atoms with van der Waals surface area (Å²) >= 11 is 0. The molecule has 0 spiro atoms. The van der Waals surface area contributed by atoms with Crippen molar-refractivity contribution in [3.05, 3.63) is 46.3 Å². The number of non-ortho nitro benzene ring substituents is 1. The Morgan fingerprint density at radius 1 is 1.32 bits per heavy atom. The van der Waals surface area contributed by atoms with Crippen molar-refractivity contribution in [2.24, 2.45) is 0 Å². The van der Waals surface area contributed by atoms with Crippen molar-refractivity contribution in [1.29, 1.82) is 0 Å². The molecule has 1 heterocycles. The summed E-state index contributed by atoms with van der Waals surface area (Å²) in [6.45, 7) is 6.06. The number of hydrogen-bond donors (Lipinski definition) is 1. The predicted octanol–water partition coefficient (Wildman–Crippen LogP) is 2.06. The second-order valence-electron chi connectivity index (χ2n) is 7.28. The Hall–Kier alpha value is -2.66. The molecular formula is C17H23N3O7S. The van der Waals surface area contributed by atoms with Gasteiger partial charge in [-0.1, -0.05) is 0 Å². The minimum atomic E-state index is -4.09. The van der Waals surface area contributed by atoms with Gasteiger partial charge in [0.2, 0.25) is 0 Å². The Morgan fingerprint density at radius 3 is 2.36 bits per heavy atom. The highest BCUT2D eigenvalue weighted by Gasteiger charge is 2.37. The van der Waals surface area contributed by atoms with Crippen molar-refractivity contribution in [2.45, 2.75) is 44.2 Å². The van der Waals surface area contributed by atoms with Crippen LogP contribution in [0, 0.1) is 10.1 Å². The minimum absolute atomic E-state index is 0.0973. The third-order valence-electron chi connectivity index (χ3n) is 3.94. The summed E-state index contributed by atoms with van der Waals surface area (Å²) < 4.78 is 32.2. The van der Waals surface area contributed by atoms with Crippen LogP contribution in [0.25, 0.3) is 0 Å². The van der Waals surface area contributed by atoms with Gasteiger partial charge in [-0.15, -0.1) is 0 Å². The molecule has 0 unspecified atom stereocenters. The van der Waals surface area contributed by atoms with Crippen LogP contribution in [0.3, 0.4) is 0 Å². The largest absolute Gasteiger partial charge is 0.443 e. The smallest absolute Gasteiger partial charge is 0.414 e. The molecule has 0 aliphatic carbocycles. The Labute approximate surface area is 163 Å². The second kappa shape index (κ2) is 7.76. The molecule has 0 aromatic heterocycles. The molecule has 10 nitrogen and oxygen atoms in total. The maximum Gasteiger partial charge on any atom is 0.414 e. The number of aliphatic hydroxyl groups is 1. The summed E-state index contributed by atoms with van der Waals surface area (Å²) in [6, 6.07) is 3.51. The summed E-state index contributed by atoms with van der Waals surface area (Å²) in [4.78, 5) is 23.6. The molecule has 0 radical (unpaired) electrons. The number of nitro groups is 1. The maximum atomic E-state index is 13.0. The molecule has 0 saturated heterocycles. The van der Waals surface area contributed by atoms with Crippen molar-refractivity contribution in [1.82, 2.24) is 9.21 Å². The van der Waals surface area contributed by atoms with Gasteiger partial charge in [0, 0.05) is 24.0 Å². The van der Waals surface area contributed by atoms with Gasteiger partial charge in [0.25, 0.3) is 15.7 Å². The summed E-state index contributed by atoms with van der Waals surface area (Å²) in [5.74, 6) is 0. The fraction of sp³-hybridized carbons (Fsp3) is 0.471. The van der Waals surface area contributed by atoms with Crippen LogP contribution in [0.4, 0.5) is 10.5 Å². The number of nitro benzene ring substituents is 1. The summed E-state index contributed by atoms with van der Waals surface area (Å²) in [7, 11) is -4.09. The van der Waals surface area contributed by atoms with Crippen molar-refractivity contribution < 1.29 is 28.0 Å². The third-order valence-corrected chi connectivity index (χ3v) is 5.77. The molecule has 1 N–H and O–H groups in total. The lowest BCUT2D eigenvalue weighted by Crippen LogP contribution is -2.52. The van der Waals surface area contributed by atoms with Crippen LogP contribution in [0.1, 0.15) is 27.7 Å². The van der Waals surface area contributed by atoms with E-state index >= 15 is 0 Å². The molecule has 1 amide bonds. The predicted molar refractivity (Wildman–Crippen MR) is 99.7 cm³/mol. The van der Waals surface area contributed by atoms with E-state index in [0.29, 0.717) is 5.70 Å². The van der Waals surface area contributed by atoms with Gasteiger partial charge in [-0.2, -0.15) is 0 Å². The van der Waals surface area contributed by atoms with E-state index in [1.54, 1.807) is 27.7 Å². The monoisotopic (exact) mass is 413 g/mol. The van der Waals surface area contributed by atoms with Crippen LogP contribution in [0.5, 0.6) is 0 Å². The van der Waals surface area contributed by atoms with E-state index in [2.05, 4.69) is 0 Å². The SMILES string of the molecule is CC1=CN(S(=O)(=O)c2ccc([N+](=O)[O-])cc2)[C@H](CO)CN1C(=O)OC(C)(C)C. The Kier molecular flexibility index (Phi) is 6.00. The third kappa shape index (κ3) is 4.60. The van der Waals surface area contributed by atoms with Crippen LogP contribution < -0.4 is 0 Å². The lowest BCUT2D eigenvalue weighted by molar-refractivity contribution is -0.384. The number of hydrogen-bond acceptors (Lipinski definition) is 7. The van der Waals surface area contributed by atoms with Crippen LogP contribution in [-0.2, 0) is 14.8 Å². The zero-order chi connectivity index (χ0) is 21.3. The molecule has 154 valence electrons. The average Bonchev–Trinajstić information content (AvgIpc) is 2.59. The first-order valence-corrected chi connectivity index (χ1v) is 9.88. The van der Waals surface area contributed by atoms with Gasteiger partial charge in [-0.3, -0.25) is 19.3 Å². The van der Waals surface area contributed by atoms with Gasteiger partial charge in [-0.25, -0.2) is 13.2 Å². The Morgan fingerprint density at radius 2 is 1.89 bits per heavy atom. The quantitative estimate of drug-likeness (QED) is 0.590. The first-order valence-electron chi connectivity index (χ1n) is 8.44. The standard InChI is InChI=1S/C17H23N3O7S/c1-12-9-19(14(11-21)10-18(12)16(22)27-17(2,3)4)28(25,26)15-7-5-13(6-8-15)20(23)24/h5-9,14,21H,10-11H2,1-4H3/t14-/m0/s1. The summed E-state index contributed by atoms with van der Waals surface area (Å²) in [5.41, 5.74) is -0.642. The van der Waals surface area contributed by atoms with E-state index in [0.717, 1.165) is 28.6 Å². The second-order valence-corrected chi connectivity index (χ2v) is 9.13. The van der Waals surface area contributed by atoms with E-state index in [4.69, 9.17) is 4.74 Å². The first kappa shape index (κ1) is 21.6. The molecular weight excluding hydrogens is 390 g/mol. The average molecular weight is 413 g/mol. The zero-order valence-corrected chi connectivity index (χ0v) is 16.8. The number of nitrogens with zero attached hydrogens (tertiary/aromatic N) is 3. The molecule has 28 heavy (non-hydrogen) atoms. The number of sulfonamides is 1. The number of benzene rings is 1. The fourth-order valence-corrected chi connectivity index (χ4v) is 4.14. The maximum absolute atomic E-state index is 13.0. The fourth-order valence-electron chi connectivity index (χ4n) is 2.60. The number of allylic oxidation sites excluding steroid dienone is 1. The topological polar surface area (TPSA) is 130 Å². The molecule has 0 fully saturated rings. The molecule has 1 aromatic carbocycles.